The zero-order valence-electron chi connectivity index (χ0n) is 15.9. The van der Waals surface area contributed by atoms with Crippen molar-refractivity contribution in [3.05, 3.63) is 52.0 Å². The highest BCUT2D eigenvalue weighted by Crippen LogP contribution is 2.31. The topological polar surface area (TPSA) is 119 Å². The third-order valence-corrected chi connectivity index (χ3v) is 7.03. The van der Waals surface area contributed by atoms with E-state index >= 15 is 0 Å². The molecular formula is C19H19Cl2N3O5S. The van der Waals surface area contributed by atoms with Crippen molar-refractivity contribution in [3.8, 4) is 5.75 Å². The van der Waals surface area contributed by atoms with Crippen molar-refractivity contribution in [1.82, 2.24) is 9.62 Å². The van der Waals surface area contributed by atoms with Gasteiger partial charge in [0.2, 0.25) is 11.8 Å². The van der Waals surface area contributed by atoms with Gasteiger partial charge in [-0.1, -0.05) is 23.2 Å². The molecule has 2 aromatic carbocycles. The highest BCUT2D eigenvalue weighted by atomic mass is 35.5. The van der Waals surface area contributed by atoms with Gasteiger partial charge < -0.3 is 15.8 Å². The highest BCUT2D eigenvalue weighted by molar-refractivity contribution is 7.89. The number of hydrogen-bond acceptors (Lipinski definition) is 6. The number of methoxy groups -OCH3 is 1. The van der Waals surface area contributed by atoms with Crippen molar-refractivity contribution < 1.29 is 22.7 Å². The van der Waals surface area contributed by atoms with Crippen LogP contribution in [-0.2, 0) is 26.0 Å². The summed E-state index contributed by atoms with van der Waals surface area (Å²) in [4.78, 5) is 25.2. The number of hydrogen-bond donors (Lipinski definition) is 2. The molecule has 0 saturated carbocycles. The van der Waals surface area contributed by atoms with Gasteiger partial charge in [-0.3, -0.25) is 9.59 Å². The normalized spacial score (nSPS) is 17.4. The van der Waals surface area contributed by atoms with Crippen LogP contribution in [0.1, 0.15) is 5.56 Å². The summed E-state index contributed by atoms with van der Waals surface area (Å²) in [6, 6.07) is 8.45. The Hall–Kier alpha value is -2.49. The smallest absolute Gasteiger partial charge is 0.266 e. The fourth-order valence-corrected chi connectivity index (χ4v) is 4.81. The van der Waals surface area contributed by atoms with Crippen LogP contribution in [0.3, 0.4) is 0 Å². The summed E-state index contributed by atoms with van der Waals surface area (Å²) in [5, 5.41) is 3.23. The van der Waals surface area contributed by atoms with Crippen LogP contribution in [0.4, 0.5) is 5.69 Å². The number of amides is 2. The molecule has 1 aliphatic heterocycles. The Kier molecular flexibility index (Phi) is 6.44. The van der Waals surface area contributed by atoms with E-state index in [-0.39, 0.29) is 17.9 Å². The number of carbonyl (C=O) groups is 2. The summed E-state index contributed by atoms with van der Waals surface area (Å²) in [6.45, 7) is -0.643. The quantitative estimate of drug-likeness (QED) is 0.644. The summed E-state index contributed by atoms with van der Waals surface area (Å²) in [5.41, 5.74) is 6.72. The first-order valence-corrected chi connectivity index (χ1v) is 11.0. The maximum Gasteiger partial charge on any atom is 0.266 e. The molecule has 3 rings (SSSR count). The Morgan fingerprint density at radius 1 is 1.20 bits per heavy atom. The molecule has 1 unspecified atom stereocenters. The standard InChI is InChI=1S/C19H19Cl2N3O5S/c1-29-17-8-15(21)16(22)7-11(17)6-12-9-23-18(25)10-24(19(12)26)30(27,28)14-4-2-13(20)3-5-14/h2-5,7-8,12H,6,9-10,22H2,1H3,(H,23,25). The van der Waals surface area contributed by atoms with Gasteiger partial charge in [-0.25, -0.2) is 12.7 Å². The number of halogens is 2. The predicted molar refractivity (Wildman–Crippen MR) is 113 cm³/mol. The first-order chi connectivity index (χ1) is 14.1. The largest absolute Gasteiger partial charge is 0.496 e. The molecule has 2 amide bonds. The summed E-state index contributed by atoms with van der Waals surface area (Å²) < 4.78 is 32.0. The van der Waals surface area contributed by atoms with Gasteiger partial charge in [-0.2, -0.15) is 0 Å². The van der Waals surface area contributed by atoms with Crippen molar-refractivity contribution in [2.24, 2.45) is 5.92 Å². The van der Waals surface area contributed by atoms with E-state index in [2.05, 4.69) is 5.32 Å². The van der Waals surface area contributed by atoms with Crippen LogP contribution < -0.4 is 15.8 Å². The van der Waals surface area contributed by atoms with Crippen molar-refractivity contribution in [2.75, 3.05) is 25.9 Å². The first-order valence-electron chi connectivity index (χ1n) is 8.84. The van der Waals surface area contributed by atoms with Crippen LogP contribution in [-0.4, -0.2) is 44.7 Å². The number of ether oxygens (including phenoxy) is 1. The predicted octanol–water partition coefficient (Wildman–Crippen LogP) is 2.09. The molecule has 0 bridgehead atoms. The van der Waals surface area contributed by atoms with Crippen LogP contribution in [0.25, 0.3) is 0 Å². The Bertz CT molecular complexity index is 1090. The molecule has 1 heterocycles. The van der Waals surface area contributed by atoms with E-state index in [1.54, 1.807) is 6.07 Å². The van der Waals surface area contributed by atoms with E-state index in [4.69, 9.17) is 33.7 Å². The van der Waals surface area contributed by atoms with Crippen LogP contribution in [0, 0.1) is 5.92 Å². The van der Waals surface area contributed by atoms with Crippen molar-refractivity contribution >= 4 is 50.7 Å². The van der Waals surface area contributed by atoms with Gasteiger partial charge >= 0.3 is 0 Å². The summed E-state index contributed by atoms with van der Waals surface area (Å²) in [5.74, 6) is -1.73. The van der Waals surface area contributed by atoms with Gasteiger partial charge in [-0.05, 0) is 42.3 Å². The molecular weight excluding hydrogens is 453 g/mol. The second kappa shape index (κ2) is 8.71. The minimum atomic E-state index is -4.25. The molecule has 1 fully saturated rings. The highest BCUT2D eigenvalue weighted by Gasteiger charge is 2.38. The number of benzene rings is 2. The number of nitrogens with zero attached hydrogens (tertiary/aromatic N) is 1. The number of nitrogen functional groups attached to an aromatic ring is 1. The van der Waals surface area contributed by atoms with Crippen LogP contribution >= 0.6 is 23.2 Å². The van der Waals surface area contributed by atoms with Gasteiger partial charge in [0.1, 0.15) is 12.3 Å². The van der Waals surface area contributed by atoms with Crippen molar-refractivity contribution in [2.45, 2.75) is 11.3 Å². The van der Waals surface area contributed by atoms with Crippen LogP contribution in [0.5, 0.6) is 5.75 Å². The maximum absolute atomic E-state index is 13.2. The minimum absolute atomic E-state index is 0.0318. The van der Waals surface area contributed by atoms with E-state index in [1.165, 1.54) is 37.4 Å². The Balaban J connectivity index is 1.96. The average molecular weight is 472 g/mol. The molecule has 0 spiro atoms. The third-order valence-electron chi connectivity index (χ3n) is 4.70. The van der Waals surface area contributed by atoms with Crippen molar-refractivity contribution in [3.63, 3.8) is 0 Å². The number of anilines is 1. The summed E-state index contributed by atoms with van der Waals surface area (Å²) >= 11 is 11.8. The van der Waals surface area contributed by atoms with Crippen LogP contribution in [0.15, 0.2) is 41.3 Å². The van der Waals surface area contributed by atoms with Gasteiger partial charge in [0.05, 0.1) is 28.6 Å². The van der Waals surface area contributed by atoms with E-state index in [1.807, 2.05) is 0 Å². The zero-order valence-corrected chi connectivity index (χ0v) is 18.2. The number of carbonyl (C=O) groups excluding carboxylic acids is 2. The van der Waals surface area contributed by atoms with Gasteiger partial charge in [0.15, 0.2) is 0 Å². The van der Waals surface area contributed by atoms with E-state index in [0.717, 1.165) is 0 Å². The van der Waals surface area contributed by atoms with Crippen LogP contribution in [0.2, 0.25) is 10.0 Å². The molecule has 0 aliphatic carbocycles. The zero-order chi connectivity index (χ0) is 22.1. The average Bonchev–Trinajstić information content (AvgIpc) is 2.84. The molecule has 3 N–H and O–H groups in total. The second-order valence-corrected chi connectivity index (χ2v) is 9.40. The lowest BCUT2D eigenvalue weighted by Gasteiger charge is -2.23. The molecule has 2 aromatic rings. The molecule has 160 valence electrons. The molecule has 8 nitrogen and oxygen atoms in total. The fraction of sp³-hybridized carbons (Fsp3) is 0.263. The molecule has 0 aromatic heterocycles. The second-order valence-electron chi connectivity index (χ2n) is 6.69. The summed E-state index contributed by atoms with van der Waals surface area (Å²) in [6.07, 6.45) is 0.0935. The molecule has 1 atom stereocenters. The molecule has 1 aliphatic rings. The molecule has 1 saturated heterocycles. The molecule has 0 radical (unpaired) electrons. The summed E-state index contributed by atoms with van der Waals surface area (Å²) in [7, 11) is -2.81. The molecule has 11 heteroatoms. The number of nitrogens with one attached hydrogen (secondary N) is 1. The Morgan fingerprint density at radius 3 is 2.50 bits per heavy atom. The Morgan fingerprint density at radius 2 is 1.87 bits per heavy atom. The fourth-order valence-electron chi connectivity index (χ4n) is 3.12. The van der Waals surface area contributed by atoms with E-state index in [9.17, 15) is 18.0 Å². The van der Waals surface area contributed by atoms with Gasteiger partial charge in [0.25, 0.3) is 10.0 Å². The van der Waals surface area contributed by atoms with E-state index < -0.39 is 34.3 Å². The lowest BCUT2D eigenvalue weighted by Crippen LogP contribution is -2.42. The van der Waals surface area contributed by atoms with Gasteiger partial charge in [0, 0.05) is 17.6 Å². The lowest BCUT2D eigenvalue weighted by atomic mass is 9.97. The number of rotatable bonds is 5. The lowest BCUT2D eigenvalue weighted by molar-refractivity contribution is -0.131. The molecule has 30 heavy (non-hydrogen) atoms. The number of nitrogens with two attached hydrogens (primary N) is 1. The van der Waals surface area contributed by atoms with E-state index in [0.29, 0.717) is 31.4 Å². The van der Waals surface area contributed by atoms with Crippen molar-refractivity contribution in [1.29, 1.82) is 0 Å². The first kappa shape index (κ1) is 22.2. The minimum Gasteiger partial charge on any atom is -0.496 e. The Labute approximate surface area is 183 Å². The monoisotopic (exact) mass is 471 g/mol. The third kappa shape index (κ3) is 4.48. The maximum atomic E-state index is 13.2. The SMILES string of the molecule is COc1cc(Cl)c(N)cc1CC1CNC(=O)CN(S(=O)(=O)c2ccc(Cl)cc2)C1=O. The number of sulfonamides is 1. The van der Waals surface area contributed by atoms with Gasteiger partial charge in [-0.15, -0.1) is 0 Å².